The fourth-order valence-electron chi connectivity index (χ4n) is 1.35. The van der Waals surface area contributed by atoms with E-state index < -0.39 is 21.4 Å². The van der Waals surface area contributed by atoms with Crippen LogP contribution in [-0.2, 0) is 14.8 Å². The molecule has 0 radical (unpaired) electrons. The number of nitrogens with one attached hydrogen (secondary N) is 1. The van der Waals surface area contributed by atoms with Gasteiger partial charge in [-0.15, -0.1) is 0 Å². The Morgan fingerprint density at radius 2 is 2.00 bits per heavy atom. The first kappa shape index (κ1) is 9.92. The molecule has 2 aliphatic rings. The fraction of sp³-hybridized carbons (Fsp3) is 0.875. The van der Waals surface area contributed by atoms with E-state index in [2.05, 4.69) is 4.72 Å². The number of rotatable bonds is 5. The predicted octanol–water partition coefficient (Wildman–Crippen LogP) is -0.0670. The van der Waals surface area contributed by atoms with Gasteiger partial charge in [0.15, 0.2) is 0 Å². The van der Waals surface area contributed by atoms with Crippen molar-refractivity contribution in [2.45, 2.75) is 30.9 Å². The van der Waals surface area contributed by atoms with Gasteiger partial charge in [0.05, 0.1) is 10.7 Å². The molecule has 0 atom stereocenters. The van der Waals surface area contributed by atoms with Crippen molar-refractivity contribution in [1.82, 2.24) is 4.72 Å². The van der Waals surface area contributed by atoms with E-state index in [1.54, 1.807) is 0 Å². The molecule has 0 aromatic heterocycles. The molecule has 0 heterocycles. The number of carboxylic acid groups (broad SMARTS) is 1. The van der Waals surface area contributed by atoms with Gasteiger partial charge in [0.2, 0.25) is 10.0 Å². The number of aliphatic carboxylic acids is 1. The summed E-state index contributed by atoms with van der Waals surface area (Å²) in [7, 11) is -3.23. The van der Waals surface area contributed by atoms with Gasteiger partial charge >= 0.3 is 5.97 Å². The van der Waals surface area contributed by atoms with Gasteiger partial charge in [0.1, 0.15) is 0 Å². The second-order valence-corrected chi connectivity index (χ2v) is 6.20. The zero-order valence-corrected chi connectivity index (χ0v) is 8.51. The normalized spacial score (nSPS) is 24.6. The minimum atomic E-state index is -3.23. The number of hydrogen-bond donors (Lipinski definition) is 2. The highest BCUT2D eigenvalue weighted by Crippen LogP contribution is 2.45. The monoisotopic (exact) mass is 219 g/mol. The molecule has 0 aromatic carbocycles. The van der Waals surface area contributed by atoms with Crippen LogP contribution in [0.2, 0.25) is 0 Å². The van der Waals surface area contributed by atoms with Crippen LogP contribution in [0, 0.1) is 5.41 Å². The molecule has 0 bridgehead atoms. The Labute approximate surface area is 82.5 Å². The molecule has 2 fully saturated rings. The predicted molar refractivity (Wildman–Crippen MR) is 49.2 cm³/mol. The lowest BCUT2D eigenvalue weighted by molar-refractivity contribution is -0.143. The Morgan fingerprint density at radius 1 is 1.43 bits per heavy atom. The van der Waals surface area contributed by atoms with E-state index in [0.29, 0.717) is 25.7 Å². The van der Waals surface area contributed by atoms with Gasteiger partial charge < -0.3 is 5.11 Å². The van der Waals surface area contributed by atoms with Crippen LogP contribution in [-0.4, -0.2) is 31.3 Å². The third kappa shape index (κ3) is 1.76. The molecular weight excluding hydrogens is 206 g/mol. The van der Waals surface area contributed by atoms with Crippen LogP contribution >= 0.6 is 0 Å². The zero-order valence-electron chi connectivity index (χ0n) is 7.69. The van der Waals surface area contributed by atoms with Gasteiger partial charge in [-0.3, -0.25) is 4.79 Å². The van der Waals surface area contributed by atoms with Crippen LogP contribution in [0.4, 0.5) is 0 Å². The Morgan fingerprint density at radius 3 is 2.36 bits per heavy atom. The fourth-order valence-corrected chi connectivity index (χ4v) is 2.82. The molecule has 80 valence electrons. The van der Waals surface area contributed by atoms with Crippen molar-refractivity contribution in [3.63, 3.8) is 0 Å². The highest BCUT2D eigenvalue weighted by Gasteiger charge is 2.51. The number of carbonyl (C=O) groups is 1. The molecule has 0 aromatic rings. The Bertz CT molecular complexity index is 354. The summed E-state index contributed by atoms with van der Waals surface area (Å²) < 4.78 is 25.2. The van der Waals surface area contributed by atoms with Crippen molar-refractivity contribution in [3.8, 4) is 0 Å². The first-order chi connectivity index (χ1) is 6.46. The highest BCUT2D eigenvalue weighted by molar-refractivity contribution is 7.90. The topological polar surface area (TPSA) is 83.5 Å². The third-order valence-electron chi connectivity index (χ3n) is 2.88. The molecular formula is C8H13NO4S. The minimum Gasteiger partial charge on any atom is -0.481 e. The second kappa shape index (κ2) is 2.93. The van der Waals surface area contributed by atoms with E-state index in [-0.39, 0.29) is 11.8 Å². The number of carboxylic acids is 1. The highest BCUT2D eigenvalue weighted by atomic mass is 32.2. The average Bonchev–Trinajstić information content (AvgIpc) is 2.96. The molecule has 6 heteroatoms. The second-order valence-electron chi connectivity index (χ2n) is 4.15. The summed E-state index contributed by atoms with van der Waals surface area (Å²) in [5.41, 5.74) is -0.804. The van der Waals surface area contributed by atoms with Crippen LogP contribution in [0.3, 0.4) is 0 Å². The molecule has 2 N–H and O–H groups in total. The first-order valence-corrected chi connectivity index (χ1v) is 6.23. The Kier molecular flexibility index (Phi) is 2.08. The molecule has 0 unspecified atom stereocenters. The largest absolute Gasteiger partial charge is 0.481 e. The maximum atomic E-state index is 11.4. The molecule has 0 spiro atoms. The zero-order chi connectivity index (χ0) is 10.4. The summed E-state index contributed by atoms with van der Waals surface area (Å²) in [5.74, 6) is -0.893. The van der Waals surface area contributed by atoms with Gasteiger partial charge in [-0.25, -0.2) is 13.1 Å². The lowest BCUT2D eigenvalue weighted by Crippen LogP contribution is -2.35. The van der Waals surface area contributed by atoms with E-state index in [9.17, 15) is 13.2 Å². The van der Waals surface area contributed by atoms with Crippen molar-refractivity contribution in [1.29, 1.82) is 0 Å². The standard InChI is InChI=1S/C8H13NO4S/c10-7(11)8(3-4-8)5-9-14(12,13)6-1-2-6/h6,9H,1-5H2,(H,10,11). The Balaban J connectivity index is 1.91. The van der Waals surface area contributed by atoms with Gasteiger partial charge in [-0.05, 0) is 25.7 Å². The van der Waals surface area contributed by atoms with Crippen LogP contribution < -0.4 is 4.72 Å². The molecule has 0 saturated heterocycles. The van der Waals surface area contributed by atoms with Gasteiger partial charge in [-0.1, -0.05) is 0 Å². The third-order valence-corrected chi connectivity index (χ3v) is 4.78. The minimum absolute atomic E-state index is 0.0567. The molecule has 2 rings (SSSR count). The van der Waals surface area contributed by atoms with Crippen LogP contribution in [0.5, 0.6) is 0 Å². The van der Waals surface area contributed by atoms with E-state index in [1.807, 2.05) is 0 Å². The smallest absolute Gasteiger partial charge is 0.310 e. The van der Waals surface area contributed by atoms with Crippen LogP contribution in [0.25, 0.3) is 0 Å². The van der Waals surface area contributed by atoms with E-state index in [1.165, 1.54) is 0 Å². The van der Waals surface area contributed by atoms with Crippen molar-refractivity contribution in [3.05, 3.63) is 0 Å². The van der Waals surface area contributed by atoms with E-state index in [4.69, 9.17) is 5.11 Å². The van der Waals surface area contributed by atoms with Gasteiger partial charge in [0, 0.05) is 6.54 Å². The summed E-state index contributed by atoms with van der Waals surface area (Å²) in [5, 5.41) is 8.55. The summed E-state index contributed by atoms with van der Waals surface area (Å²) in [6.45, 7) is 0.0567. The SMILES string of the molecule is O=C(O)C1(CNS(=O)(=O)C2CC2)CC1. The maximum absolute atomic E-state index is 11.4. The maximum Gasteiger partial charge on any atom is 0.310 e. The summed E-state index contributed by atoms with van der Waals surface area (Å²) in [6, 6.07) is 0. The molecule has 14 heavy (non-hydrogen) atoms. The van der Waals surface area contributed by atoms with Crippen molar-refractivity contribution in [2.75, 3.05) is 6.54 Å². The van der Waals surface area contributed by atoms with Crippen LogP contribution in [0.15, 0.2) is 0 Å². The van der Waals surface area contributed by atoms with E-state index >= 15 is 0 Å². The lowest BCUT2D eigenvalue weighted by atomic mass is 10.1. The van der Waals surface area contributed by atoms with Crippen molar-refractivity contribution < 1.29 is 18.3 Å². The summed E-state index contributed by atoms with van der Waals surface area (Å²) >= 11 is 0. The Hall–Kier alpha value is -0.620. The van der Waals surface area contributed by atoms with E-state index in [0.717, 1.165) is 0 Å². The molecule has 0 amide bonds. The number of sulfonamides is 1. The molecule has 0 aliphatic heterocycles. The molecule has 2 saturated carbocycles. The summed E-state index contributed by atoms with van der Waals surface area (Å²) in [4.78, 5) is 10.8. The quantitative estimate of drug-likeness (QED) is 0.678. The number of hydrogen-bond acceptors (Lipinski definition) is 3. The van der Waals surface area contributed by atoms with Gasteiger partial charge in [-0.2, -0.15) is 0 Å². The first-order valence-electron chi connectivity index (χ1n) is 4.68. The average molecular weight is 219 g/mol. The summed E-state index contributed by atoms with van der Waals surface area (Å²) in [6.07, 6.45) is 2.57. The van der Waals surface area contributed by atoms with Gasteiger partial charge in [0.25, 0.3) is 0 Å². The molecule has 2 aliphatic carbocycles. The van der Waals surface area contributed by atoms with Crippen molar-refractivity contribution in [2.24, 2.45) is 5.41 Å². The van der Waals surface area contributed by atoms with Crippen LogP contribution in [0.1, 0.15) is 25.7 Å². The lowest BCUT2D eigenvalue weighted by Gasteiger charge is -2.10. The van der Waals surface area contributed by atoms with Crippen molar-refractivity contribution >= 4 is 16.0 Å². The molecule has 5 nitrogen and oxygen atoms in total.